The summed E-state index contributed by atoms with van der Waals surface area (Å²) < 4.78 is 103. The highest BCUT2D eigenvalue weighted by atomic mass is 32.2. The Morgan fingerprint density at radius 1 is 0.313 bits per heavy atom. The number of amides is 2. The average molecular weight is 1800 g/mol. The van der Waals surface area contributed by atoms with E-state index in [1.165, 1.54) is 63.8 Å². The van der Waals surface area contributed by atoms with Crippen LogP contribution in [0.1, 0.15) is 173 Å². The molecule has 10 saturated heterocycles. The SMILES string of the molecule is CC(C)(C)C(=O)N1CC2CS(=O)(=O)CC(C1)[S+]2c1ccc(C(C)(C)C)cc1.CC(C)(C)C(=O)N1CC2CS(=O)CC(C1)[S+]2c1ccc(C(C)(C)C)cc1.CC(C)(C)c1ccc([S+]2C3COCC2CS(=O)(=O)C3)cc1.CC(C)(C)c1ccc([S+]2C3CSCC2CS(=O)(=O)C3)cc1.CC(C)(C)c1ccc([S+]2C3CSCC2CS(=O)C3)cc1. The van der Waals surface area contributed by atoms with Gasteiger partial charge in [-0.25, -0.2) is 25.3 Å². The van der Waals surface area contributed by atoms with E-state index in [9.17, 15) is 43.3 Å². The summed E-state index contributed by atoms with van der Waals surface area (Å²) in [4.78, 5) is 36.3. The summed E-state index contributed by atoms with van der Waals surface area (Å²) in [7, 11) is -9.63. The molecule has 0 spiro atoms. The molecule has 2 amide bonds. The van der Waals surface area contributed by atoms with Crippen LogP contribution in [0, 0.1) is 10.8 Å². The molecule has 10 unspecified atom stereocenters. The third-order valence-electron chi connectivity index (χ3n) is 23.1. The Labute approximate surface area is 721 Å². The van der Waals surface area contributed by atoms with Crippen molar-refractivity contribution >= 4 is 141 Å². The van der Waals surface area contributed by atoms with E-state index in [1.807, 2.05) is 63.1 Å². The average Bonchev–Trinajstić information content (AvgIpc) is 0.747. The van der Waals surface area contributed by atoms with E-state index in [-0.39, 0.29) is 132 Å². The molecule has 25 heteroatoms. The first-order valence-electron chi connectivity index (χ1n) is 41.0. The van der Waals surface area contributed by atoms with Crippen LogP contribution in [0.3, 0.4) is 0 Å². The number of rotatable bonds is 5. The Morgan fingerprint density at radius 3 is 0.774 bits per heavy atom. The molecule has 0 aromatic heterocycles. The van der Waals surface area contributed by atoms with Crippen LogP contribution < -0.4 is 0 Å². The fourth-order valence-electron chi connectivity index (χ4n) is 17.1. The number of thioether (sulfide) groups is 2. The zero-order valence-corrected chi connectivity index (χ0v) is 82.0. The van der Waals surface area contributed by atoms with Gasteiger partial charge in [0.2, 0.25) is 11.8 Å². The van der Waals surface area contributed by atoms with Crippen LogP contribution in [0.25, 0.3) is 0 Å². The molecule has 10 bridgehead atoms. The van der Waals surface area contributed by atoms with Crippen molar-refractivity contribution in [2.45, 2.75) is 249 Å². The predicted octanol–water partition coefficient (Wildman–Crippen LogP) is 14.6. The highest BCUT2D eigenvalue weighted by molar-refractivity contribution is 8.08. The molecule has 5 aromatic carbocycles. The van der Waals surface area contributed by atoms with Gasteiger partial charge in [-0.15, -0.1) is 0 Å². The van der Waals surface area contributed by atoms with Crippen molar-refractivity contribution in [2.24, 2.45) is 10.8 Å². The maximum Gasteiger partial charge on any atom is 0.228 e. The van der Waals surface area contributed by atoms with Crippen molar-refractivity contribution in [3.05, 3.63) is 149 Å². The molecule has 5 aromatic rings. The van der Waals surface area contributed by atoms with Gasteiger partial charge in [-0.2, -0.15) is 23.5 Å². The standard InChI is InChI=1S/C21H32NO3S2.C21H32NO2S2.C16H23O3S2.C16H23O2S3.C16H23OS3/c1-20(2,3)15-7-9-16(10-8-15)26-17-11-22(19(23)21(4,5)6)12-18(26)14-27(24,25)13-17;1-20(2,3)15-7-9-16(10-8-15)26-17-11-22(19(23)21(4,5)6)12-18(26)14-25(24)13-17;2*1-16(2,3)12-4-6-13(7-5-12)20-14-8-19-9-15(20)11-21(17,18)10-14;1-16(2,3)12-4-6-13(7-5-12)20-14-8-18-9-15(20)11-19(17)10-14/h7-10,17-18H,11-14H2,1-6H3;7-10,17-18H,11-14H2,1-6H3;2*4-7,14-15H,8-11H2,1-3H3;4-7,14-15H,8-11H2,1-3H3/q5*+1. The van der Waals surface area contributed by atoms with E-state index in [0.29, 0.717) is 80.2 Å². The van der Waals surface area contributed by atoms with Crippen molar-refractivity contribution < 1.29 is 48.0 Å². The highest BCUT2D eigenvalue weighted by Crippen LogP contribution is 2.44. The van der Waals surface area contributed by atoms with Gasteiger partial charge in [0.1, 0.15) is 44.0 Å². The van der Waals surface area contributed by atoms with Crippen molar-refractivity contribution in [3.8, 4) is 0 Å². The van der Waals surface area contributed by atoms with Gasteiger partial charge in [-0.3, -0.25) is 18.0 Å². The van der Waals surface area contributed by atoms with Crippen molar-refractivity contribution in [3.63, 3.8) is 0 Å². The number of hydrogen-bond donors (Lipinski definition) is 0. The third-order valence-corrected chi connectivity index (χ3v) is 51.6. The number of carbonyl (C=O) groups excluding carboxylic acids is 2. The molecule has 0 N–H and O–H groups in total. The zero-order chi connectivity index (χ0) is 84.3. The Balaban J connectivity index is 0.000000142. The van der Waals surface area contributed by atoms with Crippen molar-refractivity contribution in [2.75, 3.05) is 120 Å². The lowest BCUT2D eigenvalue weighted by atomic mass is 9.87. The Morgan fingerprint density at radius 2 is 0.513 bits per heavy atom. The van der Waals surface area contributed by atoms with Crippen molar-refractivity contribution in [1.29, 1.82) is 0 Å². The van der Waals surface area contributed by atoms with Gasteiger partial charge in [0, 0.05) is 110 Å². The molecule has 0 saturated carbocycles. The zero-order valence-electron chi connectivity index (χ0n) is 72.2. The molecule has 0 aliphatic carbocycles. The maximum atomic E-state index is 12.8. The van der Waals surface area contributed by atoms with Gasteiger partial charge in [0.15, 0.2) is 85.5 Å². The molecule has 10 aliphatic heterocycles. The molecule has 115 heavy (non-hydrogen) atoms. The van der Waals surface area contributed by atoms with Crippen LogP contribution >= 0.6 is 23.5 Å². The van der Waals surface area contributed by atoms with Gasteiger partial charge >= 0.3 is 0 Å². The fraction of sp³-hybridized carbons (Fsp3) is 0.644. The molecular formula is C90H133N2O11S12+5. The quantitative estimate of drug-likeness (QED) is 0.151. The highest BCUT2D eigenvalue weighted by Gasteiger charge is 2.58. The van der Waals surface area contributed by atoms with Crippen LogP contribution in [0.5, 0.6) is 0 Å². The molecule has 0 radical (unpaired) electrons. The summed E-state index contributed by atoms with van der Waals surface area (Å²) in [6.07, 6.45) is 0. The molecule has 10 heterocycles. The lowest BCUT2D eigenvalue weighted by molar-refractivity contribution is -0.140. The number of sulfone groups is 3. The summed E-state index contributed by atoms with van der Waals surface area (Å²) in [5.74, 6) is 9.81. The van der Waals surface area contributed by atoms with E-state index in [2.05, 4.69) is 237 Å². The second-order valence-corrected chi connectivity index (χ2v) is 64.7. The minimum Gasteiger partial charge on any atom is -0.371 e. The van der Waals surface area contributed by atoms with Crippen LogP contribution in [0.4, 0.5) is 0 Å². The van der Waals surface area contributed by atoms with Gasteiger partial charge in [0.05, 0.1) is 73.9 Å². The van der Waals surface area contributed by atoms with Crippen LogP contribution in [0.2, 0.25) is 0 Å². The monoisotopic (exact) mass is 1800 g/mol. The summed E-state index contributed by atoms with van der Waals surface area (Å²) in [6.45, 7) is 48.9. The van der Waals surface area contributed by atoms with Crippen LogP contribution in [-0.4, -0.2) is 228 Å². The molecule has 15 rings (SSSR count). The smallest absolute Gasteiger partial charge is 0.228 e. The summed E-state index contributed by atoms with van der Waals surface area (Å²) in [5.41, 5.74) is 6.72. The summed E-state index contributed by atoms with van der Waals surface area (Å²) >= 11 is 4.00. The minimum absolute atomic E-state index is 0.00860. The van der Waals surface area contributed by atoms with Gasteiger partial charge in [0.25, 0.3) is 0 Å². The first-order chi connectivity index (χ1) is 53.2. The first-order valence-corrected chi connectivity index (χ1v) is 58.5. The van der Waals surface area contributed by atoms with E-state index in [0.717, 1.165) is 47.6 Å². The van der Waals surface area contributed by atoms with Gasteiger partial charge in [-0.05, 0) is 116 Å². The fourth-order valence-corrected chi connectivity index (χ4v) is 51.9. The summed E-state index contributed by atoms with van der Waals surface area (Å²) in [5, 5.41) is 2.91. The number of fused-ring (bicyclic) bond motifs is 10. The number of benzene rings is 5. The Hall–Kier alpha value is -2.40. The molecule has 10 atom stereocenters. The van der Waals surface area contributed by atoms with Gasteiger partial charge in [-0.1, -0.05) is 206 Å². The second kappa shape index (κ2) is 36.4. The molecule has 10 fully saturated rings. The summed E-state index contributed by atoms with van der Waals surface area (Å²) in [6, 6.07) is 44.8. The normalized spacial score (nSPS) is 30.8. The van der Waals surface area contributed by atoms with Gasteiger partial charge < -0.3 is 14.5 Å². The molecule has 13 nitrogen and oxygen atoms in total. The van der Waals surface area contributed by atoms with Crippen molar-refractivity contribution in [1.82, 2.24) is 9.80 Å². The van der Waals surface area contributed by atoms with Crippen LogP contribution in [0.15, 0.2) is 146 Å². The lowest BCUT2D eigenvalue weighted by Gasteiger charge is -2.42. The maximum absolute atomic E-state index is 12.8. The molecule has 636 valence electrons. The number of nitrogens with zero attached hydrogens (tertiary/aromatic N) is 2. The topological polar surface area (TPSA) is 186 Å². The van der Waals surface area contributed by atoms with E-state index in [4.69, 9.17) is 4.74 Å². The minimum atomic E-state index is -3.03. The van der Waals surface area contributed by atoms with E-state index >= 15 is 0 Å². The number of hydrogen-bond acceptors (Lipinski definition) is 13. The first kappa shape index (κ1) is 93.3. The molecule has 10 aliphatic rings. The number of ether oxygens (including phenoxy) is 1. The Kier molecular flexibility index (Phi) is 29.5. The largest absolute Gasteiger partial charge is 0.371 e. The second-order valence-electron chi connectivity index (χ2n) is 40.3. The molecular weight excluding hydrogens is 1670 g/mol. The van der Waals surface area contributed by atoms with E-state index in [1.54, 1.807) is 0 Å². The lowest BCUT2D eigenvalue weighted by Crippen LogP contribution is -2.62. The Bertz CT molecular complexity index is 4400. The van der Waals surface area contributed by atoms with E-state index < -0.39 is 56.5 Å². The van der Waals surface area contributed by atoms with Crippen LogP contribution in [-0.2, 0) is 147 Å². The number of carbonyl (C=O) groups is 2. The third kappa shape index (κ3) is 23.7. The predicted molar refractivity (Wildman–Crippen MR) is 501 cm³/mol.